The first-order chi connectivity index (χ1) is 22.0. The van der Waals surface area contributed by atoms with Crippen LogP contribution in [-0.2, 0) is 16.0 Å². The van der Waals surface area contributed by atoms with E-state index in [4.69, 9.17) is 4.74 Å². The van der Waals surface area contributed by atoms with E-state index in [1.165, 1.54) is 0 Å². The molecule has 1 fully saturated rings. The maximum absolute atomic E-state index is 13.3. The fraction of sp³-hybridized carbons (Fsp3) is 0.184. The van der Waals surface area contributed by atoms with E-state index in [9.17, 15) is 19.5 Å². The molecule has 5 aromatic carbocycles. The van der Waals surface area contributed by atoms with Gasteiger partial charge in [0.25, 0.3) is 0 Å². The van der Waals surface area contributed by atoms with Crippen molar-refractivity contribution in [3.63, 3.8) is 0 Å². The summed E-state index contributed by atoms with van der Waals surface area (Å²) < 4.78 is 6.04. The molecule has 0 spiro atoms. The minimum absolute atomic E-state index is 0.0717. The third-order valence-corrected chi connectivity index (χ3v) is 8.03. The van der Waals surface area contributed by atoms with Crippen LogP contribution in [-0.4, -0.2) is 42.0 Å². The summed E-state index contributed by atoms with van der Waals surface area (Å²) in [6.07, 6.45) is 2.04. The van der Waals surface area contributed by atoms with E-state index in [1.807, 2.05) is 77.7 Å². The van der Waals surface area contributed by atoms with Crippen molar-refractivity contribution in [1.82, 2.24) is 0 Å². The van der Waals surface area contributed by atoms with Crippen molar-refractivity contribution in [2.75, 3.05) is 23.4 Å². The molecule has 2 N–H and O–H groups in total. The number of amides is 1. The Morgan fingerprint density at radius 2 is 1.49 bits per heavy atom. The molecule has 1 unspecified atom stereocenters. The molecule has 0 aliphatic heterocycles. The number of hydrogen-bond donors (Lipinski definition) is 2. The second kappa shape index (κ2) is 13.5. The molecule has 0 aromatic heterocycles. The number of nitrogens with one attached hydrogen (secondary N) is 1. The van der Waals surface area contributed by atoms with Crippen LogP contribution in [0.4, 0.5) is 11.4 Å². The van der Waals surface area contributed by atoms with Crippen LogP contribution in [0.15, 0.2) is 121 Å². The van der Waals surface area contributed by atoms with Crippen LogP contribution >= 0.6 is 0 Å². The summed E-state index contributed by atoms with van der Waals surface area (Å²) in [6.45, 7) is 0.726. The first-order valence-electron chi connectivity index (χ1n) is 15.2. The molecule has 0 heterocycles. The van der Waals surface area contributed by atoms with Crippen molar-refractivity contribution in [1.29, 1.82) is 0 Å². The van der Waals surface area contributed by atoms with E-state index in [1.54, 1.807) is 48.5 Å². The van der Waals surface area contributed by atoms with Crippen molar-refractivity contribution >= 4 is 39.8 Å². The van der Waals surface area contributed by atoms with Gasteiger partial charge in [0.1, 0.15) is 18.4 Å². The Bertz CT molecular complexity index is 1810. The van der Waals surface area contributed by atoms with E-state index in [0.29, 0.717) is 35.7 Å². The summed E-state index contributed by atoms with van der Waals surface area (Å²) in [7, 11) is 0. The number of benzene rings is 5. The summed E-state index contributed by atoms with van der Waals surface area (Å²) in [5.74, 6) is -0.366. The number of carboxylic acids is 1. The number of carbonyl (C=O) groups is 3. The van der Waals surface area contributed by atoms with E-state index in [-0.39, 0.29) is 24.0 Å². The zero-order chi connectivity index (χ0) is 31.2. The lowest BCUT2D eigenvalue weighted by atomic mass is 10.00. The Hall–Kier alpha value is -5.43. The van der Waals surface area contributed by atoms with Crippen LogP contribution in [0.1, 0.15) is 34.3 Å². The molecule has 1 atom stereocenters. The van der Waals surface area contributed by atoms with Crippen molar-refractivity contribution in [2.24, 2.45) is 5.92 Å². The van der Waals surface area contributed by atoms with Crippen LogP contribution in [0.2, 0.25) is 0 Å². The topological polar surface area (TPSA) is 95.9 Å². The summed E-state index contributed by atoms with van der Waals surface area (Å²) in [5.41, 5.74) is 3.11. The quantitative estimate of drug-likeness (QED) is 0.142. The lowest BCUT2D eigenvalue weighted by Gasteiger charge is -2.24. The minimum Gasteiger partial charge on any atom is -0.492 e. The fourth-order valence-electron chi connectivity index (χ4n) is 5.50. The largest absolute Gasteiger partial charge is 0.492 e. The Balaban J connectivity index is 1.10. The first-order valence-corrected chi connectivity index (χ1v) is 15.2. The Labute approximate surface area is 262 Å². The molecule has 1 aliphatic carbocycles. The first kappa shape index (κ1) is 29.6. The normalized spacial score (nSPS) is 13.2. The summed E-state index contributed by atoms with van der Waals surface area (Å²) >= 11 is 0. The molecule has 1 amide bonds. The molecule has 0 bridgehead atoms. The zero-order valence-corrected chi connectivity index (χ0v) is 24.8. The van der Waals surface area contributed by atoms with E-state index < -0.39 is 12.0 Å². The molecule has 45 heavy (non-hydrogen) atoms. The number of carboxylic acid groups (broad SMARTS) is 1. The number of para-hydroxylation sites is 1. The van der Waals surface area contributed by atoms with Crippen LogP contribution < -0.4 is 15.0 Å². The van der Waals surface area contributed by atoms with Gasteiger partial charge in [0.05, 0.1) is 12.2 Å². The lowest BCUT2D eigenvalue weighted by Crippen LogP contribution is -2.36. The number of ketones is 1. The van der Waals surface area contributed by atoms with E-state index in [0.717, 1.165) is 34.9 Å². The van der Waals surface area contributed by atoms with Gasteiger partial charge in [-0.2, -0.15) is 0 Å². The smallest absolute Gasteiger partial charge is 0.326 e. The summed E-state index contributed by atoms with van der Waals surface area (Å²) in [5, 5.41) is 15.2. The second-order valence-electron chi connectivity index (χ2n) is 11.2. The highest BCUT2D eigenvalue weighted by molar-refractivity contribution is 6.12. The maximum atomic E-state index is 13.3. The van der Waals surface area contributed by atoms with E-state index in [2.05, 4.69) is 5.32 Å². The number of fused-ring (bicyclic) bond motifs is 1. The van der Waals surface area contributed by atoms with Gasteiger partial charge in [-0.05, 0) is 54.1 Å². The Morgan fingerprint density at radius 3 is 2.24 bits per heavy atom. The Morgan fingerprint density at radius 1 is 0.800 bits per heavy atom. The number of hydrogen-bond acceptors (Lipinski definition) is 5. The standard InChI is InChI=1S/C38H34N2O5/c41-36(28-10-2-1-3-11-28)32-14-6-7-15-33(32)39-34(38(43)44)25-26-17-21-30(22-18-26)45-24-23-40(37(42)29-19-20-29)35-16-8-12-27-9-4-5-13-31(27)35/h1-18,21-22,29,34,39H,19-20,23-25H2,(H,43,44). The molecule has 0 saturated heterocycles. The SMILES string of the molecule is O=C(c1ccccc1)c1ccccc1NC(Cc1ccc(OCCN(C(=O)C2CC2)c2cccc3ccccc23)cc1)C(=O)O. The highest BCUT2D eigenvalue weighted by atomic mass is 16.5. The predicted octanol–water partition coefficient (Wildman–Crippen LogP) is 7.00. The van der Waals surface area contributed by atoms with Crippen molar-refractivity contribution < 1.29 is 24.2 Å². The fourth-order valence-corrected chi connectivity index (χ4v) is 5.50. The van der Waals surface area contributed by atoms with Gasteiger partial charge in [0, 0.05) is 34.5 Å². The number of nitrogens with zero attached hydrogens (tertiary/aromatic N) is 1. The molecule has 1 aliphatic rings. The number of ether oxygens (including phenoxy) is 1. The molecule has 226 valence electrons. The third-order valence-electron chi connectivity index (χ3n) is 8.03. The third kappa shape index (κ3) is 7.04. The second-order valence-corrected chi connectivity index (χ2v) is 11.2. The molecule has 7 nitrogen and oxygen atoms in total. The molecule has 7 heteroatoms. The lowest BCUT2D eigenvalue weighted by molar-refractivity contribution is -0.137. The van der Waals surface area contributed by atoms with E-state index >= 15 is 0 Å². The van der Waals surface area contributed by atoms with Crippen LogP contribution in [0, 0.1) is 5.92 Å². The Kier molecular flexibility index (Phi) is 8.87. The molecule has 5 aromatic rings. The number of anilines is 2. The predicted molar refractivity (Wildman–Crippen MR) is 176 cm³/mol. The molecular weight excluding hydrogens is 564 g/mol. The van der Waals surface area contributed by atoms with Gasteiger partial charge in [0.2, 0.25) is 5.91 Å². The molecule has 1 saturated carbocycles. The van der Waals surface area contributed by atoms with Crippen molar-refractivity contribution in [3.05, 3.63) is 138 Å². The van der Waals surface area contributed by atoms with Gasteiger partial charge < -0.3 is 20.1 Å². The van der Waals surface area contributed by atoms with Crippen LogP contribution in [0.25, 0.3) is 10.8 Å². The number of rotatable bonds is 13. The molecule has 0 radical (unpaired) electrons. The van der Waals surface area contributed by atoms with Crippen LogP contribution in [0.5, 0.6) is 5.75 Å². The monoisotopic (exact) mass is 598 g/mol. The highest BCUT2D eigenvalue weighted by Gasteiger charge is 2.34. The summed E-state index contributed by atoms with van der Waals surface area (Å²) in [4.78, 5) is 40.5. The zero-order valence-electron chi connectivity index (χ0n) is 24.8. The van der Waals surface area contributed by atoms with Gasteiger partial charge in [-0.3, -0.25) is 9.59 Å². The van der Waals surface area contributed by atoms with Gasteiger partial charge in [-0.25, -0.2) is 4.79 Å². The maximum Gasteiger partial charge on any atom is 0.326 e. The average molecular weight is 599 g/mol. The van der Waals surface area contributed by atoms with Gasteiger partial charge in [-0.1, -0.05) is 91.0 Å². The van der Waals surface area contributed by atoms with Gasteiger partial charge in [0.15, 0.2) is 5.78 Å². The number of aliphatic carboxylic acids is 1. The van der Waals surface area contributed by atoms with Crippen molar-refractivity contribution in [3.8, 4) is 5.75 Å². The van der Waals surface area contributed by atoms with Crippen LogP contribution in [0.3, 0.4) is 0 Å². The molecule has 6 rings (SSSR count). The highest BCUT2D eigenvalue weighted by Crippen LogP contribution is 2.35. The average Bonchev–Trinajstić information content (AvgIpc) is 3.93. The molecular formula is C38H34N2O5. The minimum atomic E-state index is -1.02. The van der Waals surface area contributed by atoms with Crippen molar-refractivity contribution in [2.45, 2.75) is 25.3 Å². The summed E-state index contributed by atoms with van der Waals surface area (Å²) in [6, 6.07) is 36.3. The van der Waals surface area contributed by atoms with Gasteiger partial charge in [-0.15, -0.1) is 0 Å². The number of carbonyl (C=O) groups excluding carboxylic acids is 2. The van der Waals surface area contributed by atoms with Gasteiger partial charge >= 0.3 is 5.97 Å².